The van der Waals surface area contributed by atoms with E-state index >= 15 is 0 Å². The molecule has 0 bridgehead atoms. The maximum Gasteiger partial charge on any atom is 0.341 e. The molecule has 1 aliphatic rings. The monoisotopic (exact) mass is 342 g/mol. The van der Waals surface area contributed by atoms with Gasteiger partial charge in [-0.15, -0.1) is 0 Å². The molecule has 7 nitrogen and oxygen atoms in total. The number of methoxy groups -OCH3 is 2. The average Bonchev–Trinajstić information content (AvgIpc) is 3.06. The summed E-state index contributed by atoms with van der Waals surface area (Å²) in [6.45, 7) is 2.31. The number of ether oxygens (including phenoxy) is 2. The number of esters is 1. The summed E-state index contributed by atoms with van der Waals surface area (Å²) < 4.78 is 37.0. The van der Waals surface area contributed by atoms with Crippen LogP contribution >= 0.6 is 0 Å². The fourth-order valence-electron chi connectivity index (χ4n) is 2.56. The molecule has 1 aromatic carbocycles. The van der Waals surface area contributed by atoms with E-state index in [0.717, 1.165) is 25.9 Å². The molecule has 0 saturated carbocycles. The molecule has 1 heterocycles. The van der Waals surface area contributed by atoms with E-state index in [1.54, 1.807) is 0 Å². The zero-order valence-electron chi connectivity index (χ0n) is 13.3. The zero-order chi connectivity index (χ0) is 16.9. The second-order valence-corrected chi connectivity index (χ2v) is 7.17. The summed E-state index contributed by atoms with van der Waals surface area (Å²) >= 11 is 0. The molecule has 128 valence electrons. The first-order chi connectivity index (χ1) is 11.0. The number of carbonyl (C=O) groups is 1. The first-order valence-corrected chi connectivity index (χ1v) is 8.93. The molecule has 2 rings (SSSR count). The van der Waals surface area contributed by atoms with E-state index < -0.39 is 16.0 Å². The van der Waals surface area contributed by atoms with Crippen molar-refractivity contribution in [2.75, 3.05) is 33.9 Å². The molecule has 0 radical (unpaired) electrons. The summed E-state index contributed by atoms with van der Waals surface area (Å²) in [6.07, 6.45) is 1.87. The van der Waals surface area contributed by atoms with Crippen LogP contribution in [0.2, 0.25) is 0 Å². The van der Waals surface area contributed by atoms with Crippen LogP contribution in [0.15, 0.2) is 23.1 Å². The van der Waals surface area contributed by atoms with Gasteiger partial charge in [0.25, 0.3) is 0 Å². The lowest BCUT2D eigenvalue weighted by Gasteiger charge is -2.12. The maximum absolute atomic E-state index is 12.3. The molecule has 0 aromatic heterocycles. The summed E-state index contributed by atoms with van der Waals surface area (Å²) in [4.78, 5) is 11.7. The van der Waals surface area contributed by atoms with Crippen molar-refractivity contribution in [1.29, 1.82) is 0 Å². The predicted octanol–water partition coefficient (Wildman–Crippen LogP) is 0.760. The largest absolute Gasteiger partial charge is 0.496 e. The van der Waals surface area contributed by atoms with Crippen LogP contribution in [-0.2, 0) is 14.8 Å². The van der Waals surface area contributed by atoms with Gasteiger partial charge in [0, 0.05) is 12.6 Å². The van der Waals surface area contributed by atoms with Gasteiger partial charge >= 0.3 is 5.97 Å². The van der Waals surface area contributed by atoms with Crippen molar-refractivity contribution >= 4 is 16.0 Å². The highest BCUT2D eigenvalue weighted by atomic mass is 32.2. The molecular weight excluding hydrogens is 320 g/mol. The Labute approximate surface area is 136 Å². The van der Waals surface area contributed by atoms with Crippen molar-refractivity contribution in [3.63, 3.8) is 0 Å². The third-order valence-electron chi connectivity index (χ3n) is 3.90. The highest BCUT2D eigenvalue weighted by Gasteiger charge is 2.20. The van der Waals surface area contributed by atoms with Crippen LogP contribution in [0.4, 0.5) is 0 Å². The first kappa shape index (κ1) is 17.7. The van der Waals surface area contributed by atoms with Gasteiger partial charge in [0.1, 0.15) is 11.3 Å². The highest BCUT2D eigenvalue weighted by Crippen LogP contribution is 2.23. The Bertz CT molecular complexity index is 654. The lowest BCUT2D eigenvalue weighted by molar-refractivity contribution is 0.0597. The second kappa shape index (κ2) is 7.76. The summed E-state index contributed by atoms with van der Waals surface area (Å²) in [5.74, 6) is 0.0983. The molecule has 2 N–H and O–H groups in total. The minimum Gasteiger partial charge on any atom is -0.496 e. The smallest absolute Gasteiger partial charge is 0.341 e. The van der Waals surface area contributed by atoms with Crippen LogP contribution in [0.1, 0.15) is 23.2 Å². The fraction of sp³-hybridized carbons (Fsp3) is 0.533. The number of rotatable bonds is 7. The van der Waals surface area contributed by atoms with Crippen LogP contribution in [0, 0.1) is 5.92 Å². The molecule has 8 heteroatoms. The molecule has 1 aliphatic heterocycles. The van der Waals surface area contributed by atoms with Crippen LogP contribution in [-0.4, -0.2) is 48.2 Å². The fourth-order valence-corrected chi connectivity index (χ4v) is 3.62. The van der Waals surface area contributed by atoms with E-state index in [1.807, 2.05) is 0 Å². The normalized spacial score (nSPS) is 17.9. The molecule has 23 heavy (non-hydrogen) atoms. The van der Waals surface area contributed by atoms with Gasteiger partial charge in [0.05, 0.1) is 19.1 Å². The van der Waals surface area contributed by atoms with Crippen LogP contribution in [0.25, 0.3) is 0 Å². The lowest BCUT2D eigenvalue weighted by Crippen LogP contribution is -2.26. The Balaban J connectivity index is 2.07. The van der Waals surface area contributed by atoms with Gasteiger partial charge in [-0.3, -0.25) is 0 Å². The molecule has 0 spiro atoms. The maximum atomic E-state index is 12.3. The Morgan fingerprint density at radius 2 is 2.17 bits per heavy atom. The Kier molecular flexibility index (Phi) is 5.97. The summed E-state index contributed by atoms with van der Waals surface area (Å²) in [6, 6.07) is 4.08. The van der Waals surface area contributed by atoms with Gasteiger partial charge in [-0.25, -0.2) is 17.9 Å². The molecule has 1 aromatic rings. The van der Waals surface area contributed by atoms with Crippen LogP contribution in [0.5, 0.6) is 5.75 Å². The zero-order valence-corrected chi connectivity index (χ0v) is 14.1. The average molecular weight is 342 g/mol. The number of hydrogen-bond donors (Lipinski definition) is 2. The third-order valence-corrected chi connectivity index (χ3v) is 5.35. The molecule has 0 aliphatic carbocycles. The van der Waals surface area contributed by atoms with E-state index in [2.05, 4.69) is 14.8 Å². The third kappa shape index (κ3) is 4.43. The van der Waals surface area contributed by atoms with Gasteiger partial charge in [-0.2, -0.15) is 0 Å². The minimum absolute atomic E-state index is 0.0616. The van der Waals surface area contributed by atoms with Crippen molar-refractivity contribution in [2.45, 2.75) is 17.7 Å². The molecule has 1 fully saturated rings. The summed E-state index contributed by atoms with van der Waals surface area (Å²) in [7, 11) is -1.01. The van der Waals surface area contributed by atoms with E-state index in [9.17, 15) is 13.2 Å². The molecule has 1 saturated heterocycles. The molecular formula is C15H22N2O5S. The van der Waals surface area contributed by atoms with Gasteiger partial charge < -0.3 is 14.8 Å². The predicted molar refractivity (Wildman–Crippen MR) is 85.1 cm³/mol. The molecule has 1 atom stereocenters. The number of hydrogen-bond acceptors (Lipinski definition) is 6. The Morgan fingerprint density at radius 1 is 1.39 bits per heavy atom. The second-order valence-electron chi connectivity index (χ2n) is 5.40. The van der Waals surface area contributed by atoms with Gasteiger partial charge in [-0.1, -0.05) is 0 Å². The number of carbonyl (C=O) groups excluding carboxylic acids is 1. The van der Waals surface area contributed by atoms with Gasteiger partial charge in [0.2, 0.25) is 10.0 Å². The van der Waals surface area contributed by atoms with Gasteiger partial charge in [-0.05, 0) is 44.0 Å². The Morgan fingerprint density at radius 3 is 2.78 bits per heavy atom. The van der Waals surface area contributed by atoms with Crippen molar-refractivity contribution in [2.24, 2.45) is 5.92 Å². The Hall–Kier alpha value is -1.64. The standard InChI is InChI=1S/C15H22N2O5S/c1-21-14-9-12(3-4-13(14)15(18)22-2)23(19,20)17-8-6-11-5-7-16-10-11/h3-4,9,11,16-17H,5-8,10H2,1-2H3. The van der Waals surface area contributed by atoms with Crippen LogP contribution < -0.4 is 14.8 Å². The summed E-state index contributed by atoms with van der Waals surface area (Å²) in [5.41, 5.74) is 0.186. The topological polar surface area (TPSA) is 93.7 Å². The molecule has 0 amide bonds. The van der Waals surface area contributed by atoms with Gasteiger partial charge in [0.15, 0.2) is 0 Å². The van der Waals surface area contributed by atoms with E-state index in [0.29, 0.717) is 12.5 Å². The molecule has 1 unspecified atom stereocenters. The summed E-state index contributed by atoms with van der Waals surface area (Å²) in [5, 5.41) is 3.25. The van der Waals surface area contributed by atoms with Crippen molar-refractivity contribution < 1.29 is 22.7 Å². The van der Waals surface area contributed by atoms with E-state index in [-0.39, 0.29) is 16.2 Å². The minimum atomic E-state index is -3.64. The lowest BCUT2D eigenvalue weighted by atomic mass is 10.1. The van der Waals surface area contributed by atoms with Crippen molar-refractivity contribution in [3.8, 4) is 5.75 Å². The van der Waals surface area contributed by atoms with E-state index in [1.165, 1.54) is 32.4 Å². The van der Waals surface area contributed by atoms with Crippen LogP contribution in [0.3, 0.4) is 0 Å². The number of nitrogens with one attached hydrogen (secondary N) is 2. The van der Waals surface area contributed by atoms with Crippen molar-refractivity contribution in [1.82, 2.24) is 10.0 Å². The quantitative estimate of drug-likeness (QED) is 0.711. The van der Waals surface area contributed by atoms with E-state index in [4.69, 9.17) is 4.74 Å². The number of benzene rings is 1. The SMILES string of the molecule is COC(=O)c1ccc(S(=O)(=O)NCCC2CCNC2)cc1OC. The highest BCUT2D eigenvalue weighted by molar-refractivity contribution is 7.89. The van der Waals surface area contributed by atoms with Crippen molar-refractivity contribution in [3.05, 3.63) is 23.8 Å². The number of sulfonamides is 1. The first-order valence-electron chi connectivity index (χ1n) is 7.44.